The Morgan fingerprint density at radius 1 is 0.810 bits per heavy atom. The lowest BCUT2D eigenvalue weighted by atomic mass is 9.43. The number of carbonyl (C=O) groups is 3. The van der Waals surface area contributed by atoms with Gasteiger partial charge in [0.05, 0.1) is 24.7 Å². The molecule has 6 rings (SSSR count). The van der Waals surface area contributed by atoms with Gasteiger partial charge in [-0.25, -0.2) is 0 Å². The molecule has 4 aliphatic carbocycles. The molecule has 2 saturated heterocycles. The molecular formula is C47H77NO15. The molecule has 16 heteroatoms. The van der Waals surface area contributed by atoms with E-state index in [9.17, 15) is 50.1 Å². The molecule has 8 N–H and O–H groups in total. The van der Waals surface area contributed by atoms with Crippen molar-refractivity contribution in [1.82, 2.24) is 5.32 Å². The number of aliphatic hydroxyl groups excluding tert-OH is 6. The van der Waals surface area contributed by atoms with E-state index >= 15 is 0 Å². The van der Waals surface area contributed by atoms with Crippen LogP contribution in [0.15, 0.2) is 11.1 Å². The number of amides is 1. The zero-order chi connectivity index (χ0) is 46.8. The number of fused-ring (bicyclic) bond motifs is 4. The van der Waals surface area contributed by atoms with Crippen LogP contribution >= 0.6 is 0 Å². The van der Waals surface area contributed by atoms with Crippen molar-refractivity contribution >= 4 is 17.8 Å². The summed E-state index contributed by atoms with van der Waals surface area (Å²) in [5.74, 6) is -1.02. The standard InChI is InChI=1S/C47H77NO15/c1-23(2)46(10,63-26(5)52)19-13-24(3)27-15-20-47(42(57)58)29-11-12-32-43(6,7)33(16-17-44(32,8)28(29)14-18-45(27,47)9)61-41-39(38(56)36(54)31(22-50)60-41)62-40-34(48-25(4)51)37(55)35(53)30(21-49)59-40/h23-24,27,30-41,49-50,53-56H,11-22H2,1-10H3,(H,48,51)(H,57,58)/t24-,27-,30-,31-,32+,33+,34-,35-,36+,37-,38+,39-,40+,41+,44-,45-,46?,47+/m1/s1. The highest BCUT2D eigenvalue weighted by Crippen LogP contribution is 2.73. The predicted molar refractivity (Wildman–Crippen MR) is 227 cm³/mol. The third kappa shape index (κ3) is 8.54. The Kier molecular flexibility index (Phi) is 14.7. The summed E-state index contributed by atoms with van der Waals surface area (Å²) >= 11 is 0. The Morgan fingerprint density at radius 2 is 1.43 bits per heavy atom. The monoisotopic (exact) mass is 896 g/mol. The third-order valence-corrected chi connectivity index (χ3v) is 17.6. The first-order valence-corrected chi connectivity index (χ1v) is 23.3. The van der Waals surface area contributed by atoms with Crippen LogP contribution in [0.2, 0.25) is 0 Å². The fraction of sp³-hybridized carbons (Fsp3) is 0.894. The van der Waals surface area contributed by atoms with Crippen LogP contribution in [-0.2, 0) is 38.1 Å². The van der Waals surface area contributed by atoms with Crippen molar-refractivity contribution < 1.29 is 73.8 Å². The van der Waals surface area contributed by atoms with Gasteiger partial charge in [-0.05, 0) is 111 Å². The normalized spacial score (nSPS) is 43.9. The molecule has 16 nitrogen and oxygen atoms in total. The predicted octanol–water partition coefficient (Wildman–Crippen LogP) is 3.35. The molecule has 18 atom stereocenters. The molecular weight excluding hydrogens is 819 g/mol. The van der Waals surface area contributed by atoms with Crippen LogP contribution in [0.5, 0.6) is 0 Å². The van der Waals surface area contributed by atoms with Crippen LogP contribution in [0.3, 0.4) is 0 Å². The van der Waals surface area contributed by atoms with Gasteiger partial charge in [0, 0.05) is 13.8 Å². The molecule has 0 spiro atoms. The summed E-state index contributed by atoms with van der Waals surface area (Å²) in [6.07, 6.45) is -6.86. The average molecular weight is 896 g/mol. The summed E-state index contributed by atoms with van der Waals surface area (Å²) in [5.41, 5.74) is -0.572. The molecule has 1 amide bonds. The van der Waals surface area contributed by atoms with E-state index in [4.69, 9.17) is 23.7 Å². The van der Waals surface area contributed by atoms with Crippen LogP contribution in [0, 0.1) is 45.3 Å². The molecule has 0 bridgehead atoms. The zero-order valence-electron chi connectivity index (χ0n) is 39.0. The number of aliphatic carboxylic acids is 1. The number of allylic oxidation sites excluding steroid dienone is 1. The number of rotatable bonds is 14. The first-order chi connectivity index (χ1) is 29.3. The SMILES string of the molecule is CC(=O)N[C@H]1[C@H](O[C@H]2[C@H](O[C@H]3CC[C@]4(C)C5=C(CC[C@H]4C3(C)C)[C@]3(C(=O)O)CC[C@H]([C@H](C)CCC(C)(OC(C)=O)C(C)C)[C@@]3(C)CC5)O[C@H](CO)[C@H](O)[C@@H]2O)O[C@H](CO)[C@@H](O)[C@@H]1O. The van der Waals surface area contributed by atoms with Gasteiger partial charge in [0.2, 0.25) is 5.91 Å². The van der Waals surface area contributed by atoms with Gasteiger partial charge >= 0.3 is 11.9 Å². The maximum atomic E-state index is 13.9. The molecule has 0 aromatic carbocycles. The number of carboxylic acids is 1. The van der Waals surface area contributed by atoms with E-state index in [0.29, 0.717) is 32.1 Å². The van der Waals surface area contributed by atoms with Crippen molar-refractivity contribution in [2.75, 3.05) is 13.2 Å². The second-order valence-corrected chi connectivity index (χ2v) is 21.5. The van der Waals surface area contributed by atoms with Gasteiger partial charge in [-0.1, -0.05) is 59.6 Å². The second kappa shape index (κ2) is 18.4. The Labute approximate surface area is 372 Å². The molecule has 0 radical (unpaired) electrons. The summed E-state index contributed by atoms with van der Waals surface area (Å²) in [5, 5.41) is 78.0. The van der Waals surface area contributed by atoms with E-state index in [2.05, 4.69) is 53.8 Å². The maximum Gasteiger partial charge on any atom is 0.314 e. The zero-order valence-corrected chi connectivity index (χ0v) is 39.0. The van der Waals surface area contributed by atoms with E-state index in [1.165, 1.54) is 19.4 Å². The first-order valence-electron chi connectivity index (χ1n) is 23.3. The molecule has 4 fully saturated rings. The minimum absolute atomic E-state index is 0.0590. The Balaban J connectivity index is 1.26. The van der Waals surface area contributed by atoms with Gasteiger partial charge in [-0.15, -0.1) is 0 Å². The van der Waals surface area contributed by atoms with Gasteiger partial charge in [0.25, 0.3) is 0 Å². The second-order valence-electron chi connectivity index (χ2n) is 21.5. The van der Waals surface area contributed by atoms with E-state index < -0.39 is 114 Å². The molecule has 0 aromatic rings. The van der Waals surface area contributed by atoms with Crippen molar-refractivity contribution in [3.05, 3.63) is 11.1 Å². The fourth-order valence-corrected chi connectivity index (χ4v) is 13.7. The number of aliphatic hydroxyl groups is 6. The lowest BCUT2D eigenvalue weighted by Crippen LogP contribution is -2.68. The van der Waals surface area contributed by atoms with Gasteiger partial charge in [0.15, 0.2) is 12.6 Å². The topological polar surface area (TPSA) is 251 Å². The number of esters is 1. The van der Waals surface area contributed by atoms with E-state index in [1.807, 2.05) is 6.92 Å². The smallest absolute Gasteiger partial charge is 0.314 e. The lowest BCUT2D eigenvalue weighted by molar-refractivity contribution is -0.367. The minimum atomic E-state index is -1.69. The van der Waals surface area contributed by atoms with Crippen molar-refractivity contribution in [1.29, 1.82) is 0 Å². The van der Waals surface area contributed by atoms with E-state index in [1.54, 1.807) is 0 Å². The van der Waals surface area contributed by atoms with Crippen LogP contribution in [0.1, 0.15) is 133 Å². The van der Waals surface area contributed by atoms with Crippen molar-refractivity contribution in [3.8, 4) is 0 Å². The quantitative estimate of drug-likeness (QED) is 0.0920. The molecule has 2 saturated carbocycles. The van der Waals surface area contributed by atoms with Crippen LogP contribution in [0.4, 0.5) is 0 Å². The number of nitrogens with one attached hydrogen (secondary N) is 1. The van der Waals surface area contributed by atoms with Gasteiger partial charge in [-0.2, -0.15) is 0 Å². The van der Waals surface area contributed by atoms with Crippen molar-refractivity contribution in [3.63, 3.8) is 0 Å². The highest BCUT2D eigenvalue weighted by molar-refractivity contribution is 5.82. The number of hydrogen-bond acceptors (Lipinski definition) is 14. The highest BCUT2D eigenvalue weighted by atomic mass is 16.8. The Hall–Kier alpha value is -2.25. The largest absolute Gasteiger partial charge is 0.481 e. The number of carbonyl (C=O) groups excluding carboxylic acids is 2. The van der Waals surface area contributed by atoms with Gasteiger partial charge in [0.1, 0.15) is 54.4 Å². The molecule has 1 unspecified atom stereocenters. The maximum absolute atomic E-state index is 13.9. The van der Waals surface area contributed by atoms with Crippen LogP contribution in [0.25, 0.3) is 0 Å². The summed E-state index contributed by atoms with van der Waals surface area (Å²) in [7, 11) is 0. The average Bonchev–Trinajstić information content (AvgIpc) is 3.54. The Morgan fingerprint density at radius 3 is 2.00 bits per heavy atom. The fourth-order valence-electron chi connectivity index (χ4n) is 13.7. The van der Waals surface area contributed by atoms with Crippen LogP contribution < -0.4 is 5.32 Å². The van der Waals surface area contributed by atoms with Crippen molar-refractivity contribution in [2.45, 2.75) is 207 Å². The minimum Gasteiger partial charge on any atom is -0.481 e. The molecule has 2 heterocycles. The molecule has 2 aliphatic heterocycles. The summed E-state index contributed by atoms with van der Waals surface area (Å²) in [6, 6.07) is -1.34. The van der Waals surface area contributed by atoms with Gasteiger partial charge < -0.3 is 64.7 Å². The number of hydrogen-bond donors (Lipinski definition) is 8. The van der Waals surface area contributed by atoms with Crippen molar-refractivity contribution in [2.24, 2.45) is 45.3 Å². The summed E-state index contributed by atoms with van der Waals surface area (Å²) in [6.45, 7) is 18.5. The Bertz CT molecular complexity index is 1720. The van der Waals surface area contributed by atoms with E-state index in [0.717, 1.165) is 37.7 Å². The first kappa shape index (κ1) is 50.2. The van der Waals surface area contributed by atoms with Gasteiger partial charge in [-0.3, -0.25) is 14.4 Å². The third-order valence-electron chi connectivity index (χ3n) is 17.6. The summed E-state index contributed by atoms with van der Waals surface area (Å²) < 4.78 is 30.8. The number of ether oxygens (including phenoxy) is 5. The van der Waals surface area contributed by atoms with E-state index in [-0.39, 0.29) is 35.1 Å². The molecule has 6 aliphatic rings. The molecule has 0 aromatic heterocycles. The molecule has 360 valence electrons. The molecule has 63 heavy (non-hydrogen) atoms. The number of carboxylic acid groups (broad SMARTS) is 1. The lowest BCUT2D eigenvalue weighted by Gasteiger charge is -2.62. The highest BCUT2D eigenvalue weighted by Gasteiger charge is 2.69. The summed E-state index contributed by atoms with van der Waals surface area (Å²) in [4.78, 5) is 38.2. The van der Waals surface area contributed by atoms with Crippen LogP contribution in [-0.4, -0.2) is 140 Å².